The van der Waals surface area contributed by atoms with Crippen molar-refractivity contribution in [3.8, 4) is 0 Å². The highest BCUT2D eigenvalue weighted by atomic mass is 35.5. The molecular formula is C17H12Cl2N2OS. The van der Waals surface area contributed by atoms with E-state index in [2.05, 4.69) is 10.5 Å². The van der Waals surface area contributed by atoms with Crippen LogP contribution < -0.4 is 5.32 Å². The van der Waals surface area contributed by atoms with Crippen molar-refractivity contribution >= 4 is 51.6 Å². The van der Waals surface area contributed by atoms with Crippen LogP contribution in [0, 0.1) is 0 Å². The van der Waals surface area contributed by atoms with E-state index in [9.17, 15) is 5.21 Å². The highest BCUT2D eigenvalue weighted by Crippen LogP contribution is 2.30. The molecule has 2 N–H and O–H groups in total. The quantitative estimate of drug-likeness (QED) is 0.338. The van der Waals surface area contributed by atoms with Crippen molar-refractivity contribution in [1.29, 1.82) is 0 Å². The minimum absolute atomic E-state index is 0.362. The molecule has 0 aliphatic carbocycles. The largest absolute Gasteiger partial charge is 0.410 e. The van der Waals surface area contributed by atoms with Crippen molar-refractivity contribution in [3.63, 3.8) is 0 Å². The van der Waals surface area contributed by atoms with Crippen molar-refractivity contribution in [1.82, 2.24) is 0 Å². The molecule has 0 fully saturated rings. The number of nitrogens with zero attached hydrogens (tertiary/aromatic N) is 1. The minimum atomic E-state index is 0.362. The Hall–Kier alpha value is -2.01. The van der Waals surface area contributed by atoms with Gasteiger partial charge in [0.2, 0.25) is 0 Å². The summed E-state index contributed by atoms with van der Waals surface area (Å²) in [5.41, 5.74) is 2.80. The van der Waals surface area contributed by atoms with Crippen LogP contribution in [-0.4, -0.2) is 10.9 Å². The van der Waals surface area contributed by atoms with Gasteiger partial charge in [-0.2, -0.15) is 0 Å². The van der Waals surface area contributed by atoms with Crippen LogP contribution in [0.15, 0.2) is 65.1 Å². The van der Waals surface area contributed by atoms with Gasteiger partial charge in [-0.1, -0.05) is 46.6 Å². The zero-order chi connectivity index (χ0) is 16.2. The normalized spacial score (nSPS) is 11.5. The van der Waals surface area contributed by atoms with E-state index < -0.39 is 0 Å². The Kier molecular flexibility index (Phi) is 4.86. The summed E-state index contributed by atoms with van der Waals surface area (Å²) in [6, 6.07) is 17.0. The summed E-state index contributed by atoms with van der Waals surface area (Å²) in [5, 5.41) is 18.8. The number of oxime groups is 1. The average molecular weight is 363 g/mol. The maximum absolute atomic E-state index is 9.37. The number of thiophene rings is 1. The molecule has 0 bridgehead atoms. The summed E-state index contributed by atoms with van der Waals surface area (Å²) in [6.45, 7) is 0. The SMILES string of the molecule is O/N=C(/c1ccc(Nc2ccccc2)cc1Cl)c1sccc1Cl. The lowest BCUT2D eigenvalue weighted by Crippen LogP contribution is -2.03. The highest BCUT2D eigenvalue weighted by Gasteiger charge is 2.16. The summed E-state index contributed by atoms with van der Waals surface area (Å²) >= 11 is 13.9. The molecule has 116 valence electrons. The topological polar surface area (TPSA) is 44.6 Å². The Bertz CT molecular complexity index is 847. The third-order valence-corrected chi connectivity index (χ3v) is 4.88. The van der Waals surface area contributed by atoms with Gasteiger partial charge in [0, 0.05) is 16.9 Å². The molecular weight excluding hydrogens is 351 g/mol. The molecule has 1 heterocycles. The fourth-order valence-electron chi connectivity index (χ4n) is 2.16. The molecule has 0 radical (unpaired) electrons. The van der Waals surface area contributed by atoms with E-state index in [1.54, 1.807) is 18.2 Å². The van der Waals surface area contributed by atoms with Crippen LogP contribution in [0.1, 0.15) is 10.4 Å². The van der Waals surface area contributed by atoms with Gasteiger partial charge in [0.1, 0.15) is 5.71 Å². The lowest BCUT2D eigenvalue weighted by Gasteiger charge is -2.10. The molecule has 0 aliphatic rings. The number of nitrogens with one attached hydrogen (secondary N) is 1. The predicted molar refractivity (Wildman–Crippen MR) is 97.9 cm³/mol. The van der Waals surface area contributed by atoms with E-state index in [4.69, 9.17) is 23.2 Å². The van der Waals surface area contributed by atoms with Crippen molar-refractivity contribution < 1.29 is 5.21 Å². The molecule has 2 aromatic carbocycles. The van der Waals surface area contributed by atoms with Gasteiger partial charge in [-0.05, 0) is 41.8 Å². The third-order valence-electron chi connectivity index (χ3n) is 3.22. The monoisotopic (exact) mass is 362 g/mol. The molecule has 1 aromatic heterocycles. The molecule has 0 saturated carbocycles. The maximum atomic E-state index is 9.37. The lowest BCUT2D eigenvalue weighted by molar-refractivity contribution is 0.320. The summed E-state index contributed by atoms with van der Waals surface area (Å²) < 4.78 is 0. The van der Waals surface area contributed by atoms with Gasteiger partial charge in [-0.25, -0.2) is 0 Å². The number of benzene rings is 2. The Morgan fingerprint density at radius 1 is 0.957 bits per heavy atom. The number of halogens is 2. The predicted octanol–water partition coefficient (Wildman–Crippen LogP) is 6.03. The molecule has 0 spiro atoms. The smallest absolute Gasteiger partial charge is 0.130 e. The lowest BCUT2D eigenvalue weighted by atomic mass is 10.1. The summed E-state index contributed by atoms with van der Waals surface area (Å²) in [4.78, 5) is 0.680. The van der Waals surface area contributed by atoms with Crippen molar-refractivity contribution in [2.24, 2.45) is 5.16 Å². The molecule has 23 heavy (non-hydrogen) atoms. The molecule has 6 heteroatoms. The Morgan fingerprint density at radius 3 is 2.35 bits per heavy atom. The first-order chi connectivity index (χ1) is 11.2. The number of hydrogen-bond donors (Lipinski definition) is 2. The van der Waals surface area contributed by atoms with Crippen LogP contribution in [0.5, 0.6) is 0 Å². The van der Waals surface area contributed by atoms with E-state index in [-0.39, 0.29) is 0 Å². The molecule has 3 aromatic rings. The van der Waals surface area contributed by atoms with Gasteiger partial charge >= 0.3 is 0 Å². The van der Waals surface area contributed by atoms with Crippen LogP contribution in [-0.2, 0) is 0 Å². The molecule has 3 rings (SSSR count). The zero-order valence-electron chi connectivity index (χ0n) is 11.8. The van der Waals surface area contributed by atoms with Gasteiger partial charge in [0.15, 0.2) is 0 Å². The molecule has 0 saturated heterocycles. The van der Waals surface area contributed by atoms with Gasteiger partial charge in [0.05, 0.1) is 14.9 Å². The number of rotatable bonds is 4. The number of anilines is 2. The summed E-state index contributed by atoms with van der Waals surface area (Å²) in [7, 11) is 0. The Morgan fingerprint density at radius 2 is 1.74 bits per heavy atom. The van der Waals surface area contributed by atoms with E-state index in [1.807, 2.05) is 41.8 Å². The van der Waals surface area contributed by atoms with Gasteiger partial charge in [-0.15, -0.1) is 11.3 Å². The van der Waals surface area contributed by atoms with Gasteiger partial charge in [0.25, 0.3) is 0 Å². The number of hydrogen-bond acceptors (Lipinski definition) is 4. The van der Waals surface area contributed by atoms with Crippen LogP contribution in [0.25, 0.3) is 0 Å². The van der Waals surface area contributed by atoms with Crippen molar-refractivity contribution in [2.45, 2.75) is 0 Å². The van der Waals surface area contributed by atoms with E-state index >= 15 is 0 Å². The van der Waals surface area contributed by atoms with Gasteiger partial charge in [-0.3, -0.25) is 0 Å². The fourth-order valence-corrected chi connectivity index (χ4v) is 3.57. The Balaban J connectivity index is 1.92. The molecule has 0 atom stereocenters. The molecule has 0 unspecified atom stereocenters. The Labute approximate surface area is 147 Å². The van der Waals surface area contributed by atoms with E-state index in [0.29, 0.717) is 26.2 Å². The first-order valence-corrected chi connectivity index (χ1v) is 8.40. The standard InChI is InChI=1S/C17H12Cl2N2OS/c18-14-8-9-23-17(14)16(21-22)13-7-6-12(10-15(13)19)20-11-4-2-1-3-5-11/h1-10,20,22H/b21-16-. The maximum Gasteiger partial charge on any atom is 0.130 e. The van der Waals surface area contributed by atoms with E-state index in [0.717, 1.165) is 11.4 Å². The van der Waals surface area contributed by atoms with Crippen LogP contribution in [0.4, 0.5) is 11.4 Å². The number of para-hydroxylation sites is 1. The first-order valence-electron chi connectivity index (χ1n) is 6.76. The van der Waals surface area contributed by atoms with Crippen LogP contribution in [0.2, 0.25) is 10.0 Å². The third kappa shape index (κ3) is 3.50. The zero-order valence-corrected chi connectivity index (χ0v) is 14.2. The average Bonchev–Trinajstić information content (AvgIpc) is 2.97. The van der Waals surface area contributed by atoms with Crippen molar-refractivity contribution in [2.75, 3.05) is 5.32 Å². The van der Waals surface area contributed by atoms with Gasteiger partial charge < -0.3 is 10.5 Å². The molecule has 0 amide bonds. The second kappa shape index (κ2) is 7.04. The highest BCUT2D eigenvalue weighted by molar-refractivity contribution is 7.13. The van der Waals surface area contributed by atoms with Crippen molar-refractivity contribution in [3.05, 3.63) is 80.5 Å². The van der Waals surface area contributed by atoms with Crippen LogP contribution in [0.3, 0.4) is 0 Å². The second-order valence-corrected chi connectivity index (χ2v) is 6.46. The summed E-state index contributed by atoms with van der Waals surface area (Å²) in [6.07, 6.45) is 0. The molecule has 3 nitrogen and oxygen atoms in total. The fraction of sp³-hybridized carbons (Fsp3) is 0. The first kappa shape index (κ1) is 15.9. The van der Waals surface area contributed by atoms with Crippen LogP contribution >= 0.6 is 34.5 Å². The second-order valence-electron chi connectivity index (χ2n) is 4.73. The minimum Gasteiger partial charge on any atom is -0.410 e. The molecule has 0 aliphatic heterocycles. The van der Waals surface area contributed by atoms with E-state index in [1.165, 1.54) is 11.3 Å². The summed E-state index contributed by atoms with van der Waals surface area (Å²) in [5.74, 6) is 0.